The van der Waals surface area contributed by atoms with Crippen LogP contribution in [0, 0.1) is 5.92 Å². The topological polar surface area (TPSA) is 21.3 Å². The zero-order valence-corrected chi connectivity index (χ0v) is 10.7. The second-order valence-corrected chi connectivity index (χ2v) is 4.53. The van der Waals surface area contributed by atoms with Crippen molar-refractivity contribution in [1.82, 2.24) is 5.32 Å². The first-order chi connectivity index (χ1) is 6.07. The number of rotatable bonds is 7. The minimum atomic E-state index is 0.336. The molecule has 80 valence electrons. The van der Waals surface area contributed by atoms with Crippen LogP contribution in [0.2, 0.25) is 0 Å². The Balaban J connectivity index is 3.39. The third-order valence-corrected chi connectivity index (χ3v) is 2.63. The van der Waals surface area contributed by atoms with Gasteiger partial charge in [-0.15, -0.1) is 0 Å². The van der Waals surface area contributed by atoms with Crippen LogP contribution >= 0.6 is 15.9 Å². The van der Waals surface area contributed by atoms with Crippen LogP contribution < -0.4 is 5.32 Å². The number of nitrogens with one attached hydrogen (secondary N) is 1. The summed E-state index contributed by atoms with van der Waals surface area (Å²) >= 11 is 3.49. The quantitative estimate of drug-likeness (QED) is 0.555. The largest absolute Gasteiger partial charge is 0.377 e. The molecule has 3 heteroatoms. The standard InChI is InChI=1S/C10H22BrNO/c1-8(2)10(7-11)12-5-6-13-9(3)4/h8-10,12H,5-7H2,1-4H3. The van der Waals surface area contributed by atoms with Gasteiger partial charge in [-0.25, -0.2) is 0 Å². The molecule has 1 unspecified atom stereocenters. The molecule has 0 radical (unpaired) electrons. The van der Waals surface area contributed by atoms with Gasteiger partial charge in [-0.3, -0.25) is 0 Å². The van der Waals surface area contributed by atoms with Crippen LogP contribution in [0.1, 0.15) is 27.7 Å². The summed E-state index contributed by atoms with van der Waals surface area (Å²) in [6.45, 7) is 10.3. The molecule has 0 bridgehead atoms. The lowest BCUT2D eigenvalue weighted by molar-refractivity contribution is 0.0789. The lowest BCUT2D eigenvalue weighted by Gasteiger charge is -2.20. The van der Waals surface area contributed by atoms with Gasteiger partial charge in [0.15, 0.2) is 0 Å². The molecular weight excluding hydrogens is 230 g/mol. The van der Waals surface area contributed by atoms with Gasteiger partial charge in [0, 0.05) is 17.9 Å². The number of hydrogen-bond acceptors (Lipinski definition) is 2. The first-order valence-corrected chi connectivity index (χ1v) is 6.11. The molecule has 1 atom stereocenters. The second-order valence-electron chi connectivity index (χ2n) is 3.88. The Hall–Kier alpha value is 0.400. The Bertz CT molecular complexity index is 117. The molecule has 0 saturated heterocycles. The molecule has 0 rings (SSSR count). The summed E-state index contributed by atoms with van der Waals surface area (Å²) < 4.78 is 5.44. The van der Waals surface area contributed by atoms with Crippen LogP contribution in [0.25, 0.3) is 0 Å². The fourth-order valence-corrected chi connectivity index (χ4v) is 1.98. The van der Waals surface area contributed by atoms with Gasteiger partial charge in [0.05, 0.1) is 12.7 Å². The minimum absolute atomic E-state index is 0.336. The molecule has 0 amide bonds. The highest BCUT2D eigenvalue weighted by atomic mass is 79.9. The molecule has 0 aromatic heterocycles. The van der Waals surface area contributed by atoms with E-state index in [9.17, 15) is 0 Å². The average molecular weight is 252 g/mol. The molecule has 0 spiro atoms. The van der Waals surface area contributed by atoms with Crippen molar-refractivity contribution in [1.29, 1.82) is 0 Å². The number of hydrogen-bond donors (Lipinski definition) is 1. The smallest absolute Gasteiger partial charge is 0.0594 e. The Labute approximate surface area is 90.6 Å². The molecule has 0 saturated carbocycles. The summed E-state index contributed by atoms with van der Waals surface area (Å²) in [6.07, 6.45) is 0.336. The van der Waals surface area contributed by atoms with E-state index in [1.165, 1.54) is 0 Å². The van der Waals surface area contributed by atoms with Gasteiger partial charge in [-0.05, 0) is 19.8 Å². The molecule has 0 heterocycles. The lowest BCUT2D eigenvalue weighted by atomic mass is 10.1. The molecule has 0 aromatic rings. The van der Waals surface area contributed by atoms with E-state index in [0.29, 0.717) is 18.1 Å². The summed E-state index contributed by atoms with van der Waals surface area (Å²) in [5.41, 5.74) is 0. The van der Waals surface area contributed by atoms with E-state index in [1.807, 2.05) is 0 Å². The summed E-state index contributed by atoms with van der Waals surface area (Å²) in [5, 5.41) is 4.46. The summed E-state index contributed by atoms with van der Waals surface area (Å²) in [5.74, 6) is 0.665. The fraction of sp³-hybridized carbons (Fsp3) is 1.00. The monoisotopic (exact) mass is 251 g/mol. The van der Waals surface area contributed by atoms with Crippen LogP contribution in [-0.2, 0) is 4.74 Å². The van der Waals surface area contributed by atoms with E-state index >= 15 is 0 Å². The summed E-state index contributed by atoms with van der Waals surface area (Å²) in [4.78, 5) is 0. The second kappa shape index (κ2) is 7.77. The maximum absolute atomic E-state index is 5.44. The van der Waals surface area contributed by atoms with Crippen molar-refractivity contribution in [3.05, 3.63) is 0 Å². The number of ether oxygens (including phenoxy) is 1. The maximum Gasteiger partial charge on any atom is 0.0594 e. The molecule has 0 aliphatic carbocycles. The van der Waals surface area contributed by atoms with Crippen LogP contribution in [0.15, 0.2) is 0 Å². The van der Waals surface area contributed by atoms with Gasteiger partial charge in [0.25, 0.3) is 0 Å². The SMILES string of the molecule is CC(C)OCCNC(CBr)C(C)C. The number of alkyl halides is 1. The predicted octanol–water partition coefficient (Wildman–Crippen LogP) is 2.42. The Kier molecular flexibility index (Phi) is 8.01. The van der Waals surface area contributed by atoms with Gasteiger partial charge in [-0.2, -0.15) is 0 Å². The third-order valence-electron chi connectivity index (χ3n) is 1.93. The van der Waals surface area contributed by atoms with E-state index in [4.69, 9.17) is 4.74 Å². The zero-order valence-electron chi connectivity index (χ0n) is 9.14. The molecule has 1 N–H and O–H groups in total. The first kappa shape index (κ1) is 13.4. The van der Waals surface area contributed by atoms with Crippen molar-refractivity contribution in [2.75, 3.05) is 18.5 Å². The van der Waals surface area contributed by atoms with E-state index in [1.54, 1.807) is 0 Å². The summed E-state index contributed by atoms with van der Waals surface area (Å²) in [6, 6.07) is 0.552. The predicted molar refractivity (Wildman–Crippen MR) is 61.5 cm³/mol. The number of halogens is 1. The van der Waals surface area contributed by atoms with Gasteiger partial charge in [0.1, 0.15) is 0 Å². The van der Waals surface area contributed by atoms with E-state index in [0.717, 1.165) is 18.5 Å². The maximum atomic E-state index is 5.44. The van der Waals surface area contributed by atoms with Crippen molar-refractivity contribution in [2.24, 2.45) is 5.92 Å². The lowest BCUT2D eigenvalue weighted by Crippen LogP contribution is -2.37. The molecule has 13 heavy (non-hydrogen) atoms. The van der Waals surface area contributed by atoms with Gasteiger partial charge >= 0.3 is 0 Å². The van der Waals surface area contributed by atoms with Gasteiger partial charge in [-0.1, -0.05) is 29.8 Å². The van der Waals surface area contributed by atoms with Crippen LogP contribution in [0.4, 0.5) is 0 Å². The molecular formula is C10H22BrNO. The Morgan fingerprint density at radius 3 is 2.23 bits per heavy atom. The van der Waals surface area contributed by atoms with Gasteiger partial charge in [0.2, 0.25) is 0 Å². The highest BCUT2D eigenvalue weighted by molar-refractivity contribution is 9.09. The fourth-order valence-electron chi connectivity index (χ4n) is 1.01. The zero-order chi connectivity index (χ0) is 10.3. The van der Waals surface area contributed by atoms with Crippen LogP contribution in [0.3, 0.4) is 0 Å². The minimum Gasteiger partial charge on any atom is -0.377 e. The highest BCUT2D eigenvalue weighted by Gasteiger charge is 2.09. The summed E-state index contributed by atoms with van der Waals surface area (Å²) in [7, 11) is 0. The molecule has 0 fully saturated rings. The average Bonchev–Trinajstić information content (AvgIpc) is 2.03. The van der Waals surface area contributed by atoms with Crippen molar-refractivity contribution < 1.29 is 4.74 Å². The van der Waals surface area contributed by atoms with Crippen molar-refractivity contribution >= 4 is 15.9 Å². The van der Waals surface area contributed by atoms with Crippen molar-refractivity contribution in [3.8, 4) is 0 Å². The Morgan fingerprint density at radius 1 is 1.23 bits per heavy atom. The third kappa shape index (κ3) is 7.47. The van der Waals surface area contributed by atoms with E-state index in [-0.39, 0.29) is 0 Å². The molecule has 0 aliphatic heterocycles. The van der Waals surface area contributed by atoms with E-state index < -0.39 is 0 Å². The van der Waals surface area contributed by atoms with Crippen LogP contribution in [-0.4, -0.2) is 30.6 Å². The van der Waals surface area contributed by atoms with Crippen LogP contribution in [0.5, 0.6) is 0 Å². The van der Waals surface area contributed by atoms with Gasteiger partial charge < -0.3 is 10.1 Å². The molecule has 0 aromatic carbocycles. The molecule has 0 aliphatic rings. The van der Waals surface area contributed by atoms with E-state index in [2.05, 4.69) is 48.9 Å². The van der Waals surface area contributed by atoms with Crippen molar-refractivity contribution in [2.45, 2.75) is 39.8 Å². The molecule has 2 nitrogen and oxygen atoms in total. The first-order valence-electron chi connectivity index (χ1n) is 4.98. The highest BCUT2D eigenvalue weighted by Crippen LogP contribution is 2.03. The normalized spacial score (nSPS) is 14.1. The Morgan fingerprint density at radius 2 is 1.85 bits per heavy atom. The van der Waals surface area contributed by atoms with Crippen molar-refractivity contribution in [3.63, 3.8) is 0 Å².